The summed E-state index contributed by atoms with van der Waals surface area (Å²) in [6, 6.07) is 17.1. The first-order valence-corrected chi connectivity index (χ1v) is 9.74. The molecule has 3 unspecified atom stereocenters. The maximum absolute atomic E-state index is 9.48. The van der Waals surface area contributed by atoms with Gasteiger partial charge >= 0.3 is 0 Å². The number of rotatable bonds is 4. The van der Waals surface area contributed by atoms with Crippen molar-refractivity contribution in [1.82, 2.24) is 15.8 Å². The van der Waals surface area contributed by atoms with Crippen LogP contribution in [0.4, 0.5) is 0 Å². The lowest BCUT2D eigenvalue weighted by atomic mass is 9.81. The summed E-state index contributed by atoms with van der Waals surface area (Å²) < 4.78 is 0. The fourth-order valence-electron chi connectivity index (χ4n) is 4.57. The summed E-state index contributed by atoms with van der Waals surface area (Å²) in [4.78, 5) is 2.56. The van der Waals surface area contributed by atoms with Gasteiger partial charge in [0, 0.05) is 31.6 Å². The molecule has 0 aromatic heterocycles. The smallest absolute Gasteiger partial charge is 0.115 e. The molecule has 0 saturated carbocycles. The van der Waals surface area contributed by atoms with Crippen molar-refractivity contribution in [3.05, 3.63) is 65.2 Å². The minimum atomic E-state index is 0.340. The molecular weight excluding hydrogens is 322 g/mol. The number of nitrogens with one attached hydrogen (secondary N) is 2. The third-order valence-corrected chi connectivity index (χ3v) is 5.89. The molecule has 0 radical (unpaired) electrons. The third-order valence-electron chi connectivity index (χ3n) is 5.89. The molecule has 2 heterocycles. The van der Waals surface area contributed by atoms with Crippen LogP contribution in [-0.2, 0) is 6.54 Å². The number of hydrazine groups is 1. The summed E-state index contributed by atoms with van der Waals surface area (Å²) in [6.45, 7) is 6.43. The van der Waals surface area contributed by atoms with E-state index in [2.05, 4.69) is 46.9 Å². The number of phenols is 1. The maximum Gasteiger partial charge on any atom is 0.115 e. The molecule has 0 aliphatic carbocycles. The van der Waals surface area contributed by atoms with E-state index in [9.17, 15) is 5.11 Å². The van der Waals surface area contributed by atoms with Crippen LogP contribution in [0.5, 0.6) is 5.75 Å². The third kappa shape index (κ3) is 3.93. The van der Waals surface area contributed by atoms with Gasteiger partial charge in [0.25, 0.3) is 0 Å². The highest BCUT2D eigenvalue weighted by Crippen LogP contribution is 2.32. The number of aryl methyl sites for hydroxylation is 1. The van der Waals surface area contributed by atoms with E-state index in [1.165, 1.54) is 29.5 Å². The van der Waals surface area contributed by atoms with Crippen LogP contribution in [0.2, 0.25) is 0 Å². The zero-order valence-electron chi connectivity index (χ0n) is 15.5. The van der Waals surface area contributed by atoms with E-state index >= 15 is 0 Å². The Morgan fingerprint density at radius 2 is 2.00 bits per heavy atom. The number of piperidine rings is 1. The predicted molar refractivity (Wildman–Crippen MR) is 105 cm³/mol. The van der Waals surface area contributed by atoms with E-state index in [1.807, 2.05) is 12.1 Å². The van der Waals surface area contributed by atoms with E-state index < -0.39 is 0 Å². The van der Waals surface area contributed by atoms with Gasteiger partial charge in [0.2, 0.25) is 0 Å². The molecule has 138 valence electrons. The van der Waals surface area contributed by atoms with Crippen LogP contribution in [0.3, 0.4) is 0 Å². The number of benzene rings is 2. The molecule has 2 aliphatic rings. The number of hydrogen-bond donors (Lipinski definition) is 3. The minimum absolute atomic E-state index is 0.340. The first-order chi connectivity index (χ1) is 12.7. The van der Waals surface area contributed by atoms with Crippen molar-refractivity contribution in [2.24, 2.45) is 5.92 Å². The summed E-state index contributed by atoms with van der Waals surface area (Å²) in [7, 11) is 0. The Kier molecular flexibility index (Phi) is 5.25. The van der Waals surface area contributed by atoms with Crippen molar-refractivity contribution < 1.29 is 5.11 Å². The van der Waals surface area contributed by atoms with Gasteiger partial charge < -0.3 is 5.11 Å². The molecule has 3 N–H and O–H groups in total. The van der Waals surface area contributed by atoms with Gasteiger partial charge in [-0.3, -0.25) is 15.8 Å². The number of likely N-dealkylation sites (tertiary alicyclic amines) is 1. The van der Waals surface area contributed by atoms with Gasteiger partial charge in [0.05, 0.1) is 0 Å². The maximum atomic E-state index is 9.48. The number of nitrogens with zero attached hydrogens (tertiary/aromatic N) is 1. The van der Waals surface area contributed by atoms with E-state index in [1.54, 1.807) is 12.1 Å². The van der Waals surface area contributed by atoms with E-state index in [4.69, 9.17) is 0 Å². The van der Waals surface area contributed by atoms with Crippen molar-refractivity contribution in [3.63, 3.8) is 0 Å². The van der Waals surface area contributed by atoms with Crippen molar-refractivity contribution in [2.45, 2.75) is 38.3 Å². The first kappa shape index (κ1) is 17.5. The average molecular weight is 351 g/mol. The van der Waals surface area contributed by atoms with Gasteiger partial charge in [-0.25, -0.2) is 0 Å². The Morgan fingerprint density at radius 3 is 2.81 bits per heavy atom. The van der Waals surface area contributed by atoms with Crippen LogP contribution < -0.4 is 10.9 Å². The van der Waals surface area contributed by atoms with Crippen LogP contribution in [0, 0.1) is 12.8 Å². The highest BCUT2D eigenvalue weighted by atomic mass is 16.3. The van der Waals surface area contributed by atoms with Crippen LogP contribution in [0.15, 0.2) is 48.5 Å². The summed E-state index contributed by atoms with van der Waals surface area (Å²) in [5, 5.41) is 9.48. The van der Waals surface area contributed by atoms with E-state index in [-0.39, 0.29) is 0 Å². The second kappa shape index (κ2) is 7.78. The Hall–Kier alpha value is -1.88. The fraction of sp³-hybridized carbons (Fsp3) is 0.455. The van der Waals surface area contributed by atoms with Gasteiger partial charge in [-0.05, 0) is 55.5 Å². The molecule has 2 aromatic carbocycles. The Bertz CT molecular complexity index is 730. The second-order valence-corrected chi connectivity index (χ2v) is 7.88. The highest BCUT2D eigenvalue weighted by molar-refractivity contribution is 5.28. The SMILES string of the molecule is Cc1cccc(C2CNNC2C2CCCN(Cc3ccc(O)cc3)C2)c1. The monoisotopic (exact) mass is 351 g/mol. The van der Waals surface area contributed by atoms with Gasteiger partial charge in [-0.15, -0.1) is 0 Å². The van der Waals surface area contributed by atoms with Gasteiger partial charge in [-0.2, -0.15) is 0 Å². The topological polar surface area (TPSA) is 47.5 Å². The molecule has 0 spiro atoms. The minimum Gasteiger partial charge on any atom is -0.508 e. The van der Waals surface area contributed by atoms with Crippen molar-refractivity contribution in [1.29, 1.82) is 0 Å². The quantitative estimate of drug-likeness (QED) is 0.792. The van der Waals surface area contributed by atoms with E-state index in [0.29, 0.717) is 23.6 Å². The molecule has 26 heavy (non-hydrogen) atoms. The molecule has 2 aliphatic heterocycles. The number of phenolic OH excluding ortho intramolecular Hbond substituents is 1. The summed E-state index contributed by atoms with van der Waals surface area (Å²) >= 11 is 0. The van der Waals surface area contributed by atoms with Crippen LogP contribution in [-0.4, -0.2) is 35.7 Å². The largest absolute Gasteiger partial charge is 0.508 e. The lowest BCUT2D eigenvalue weighted by Gasteiger charge is -2.37. The summed E-state index contributed by atoms with van der Waals surface area (Å²) in [6.07, 6.45) is 2.54. The average Bonchev–Trinajstić information content (AvgIpc) is 3.14. The predicted octanol–water partition coefficient (Wildman–Crippen LogP) is 3.17. The van der Waals surface area contributed by atoms with Crippen LogP contribution in [0.1, 0.15) is 35.4 Å². The fourth-order valence-corrected chi connectivity index (χ4v) is 4.57. The lowest BCUT2D eigenvalue weighted by Crippen LogP contribution is -2.46. The van der Waals surface area contributed by atoms with Crippen LogP contribution >= 0.6 is 0 Å². The molecule has 4 rings (SSSR count). The van der Waals surface area contributed by atoms with Crippen molar-refractivity contribution >= 4 is 0 Å². The van der Waals surface area contributed by atoms with Crippen molar-refractivity contribution in [3.8, 4) is 5.75 Å². The Balaban J connectivity index is 1.44. The molecule has 2 aromatic rings. The number of hydrogen-bond acceptors (Lipinski definition) is 4. The molecule has 0 amide bonds. The normalized spacial score (nSPS) is 26.9. The Labute approximate surface area is 156 Å². The molecule has 4 nitrogen and oxygen atoms in total. The summed E-state index contributed by atoms with van der Waals surface area (Å²) in [5.41, 5.74) is 11.0. The number of aromatic hydroxyl groups is 1. The zero-order valence-corrected chi connectivity index (χ0v) is 15.5. The first-order valence-electron chi connectivity index (χ1n) is 9.74. The molecule has 3 atom stereocenters. The zero-order chi connectivity index (χ0) is 17.9. The standard InChI is InChI=1S/C22H29N3O/c1-16-4-2-5-18(12-16)21-13-23-24-22(21)19-6-3-11-25(15-19)14-17-7-9-20(26)10-8-17/h2,4-5,7-10,12,19,21-24,26H,3,6,11,13-15H2,1H3. The molecule has 2 saturated heterocycles. The second-order valence-electron chi connectivity index (χ2n) is 7.88. The lowest BCUT2D eigenvalue weighted by molar-refractivity contribution is 0.139. The van der Waals surface area contributed by atoms with Gasteiger partial charge in [0.1, 0.15) is 5.75 Å². The molecule has 2 fully saturated rings. The van der Waals surface area contributed by atoms with Crippen molar-refractivity contribution in [2.75, 3.05) is 19.6 Å². The van der Waals surface area contributed by atoms with E-state index in [0.717, 1.165) is 26.2 Å². The van der Waals surface area contributed by atoms with Gasteiger partial charge in [0.15, 0.2) is 0 Å². The summed E-state index contributed by atoms with van der Waals surface area (Å²) in [5.74, 6) is 1.53. The molecule has 0 bridgehead atoms. The highest BCUT2D eigenvalue weighted by Gasteiger charge is 2.36. The van der Waals surface area contributed by atoms with Gasteiger partial charge in [-0.1, -0.05) is 42.0 Å². The van der Waals surface area contributed by atoms with Crippen LogP contribution in [0.25, 0.3) is 0 Å². The Morgan fingerprint density at radius 1 is 1.15 bits per heavy atom. The molecule has 4 heteroatoms. The molecular formula is C22H29N3O.